The summed E-state index contributed by atoms with van der Waals surface area (Å²) < 4.78 is 9.62. The third-order valence-electron chi connectivity index (χ3n) is 11.6. The van der Waals surface area contributed by atoms with Crippen molar-refractivity contribution in [3.63, 3.8) is 0 Å². The number of fused-ring (bicyclic) bond motifs is 12. The minimum Gasteiger partial charge on any atom is -0.344 e. The van der Waals surface area contributed by atoms with E-state index in [9.17, 15) is 0 Å². The van der Waals surface area contributed by atoms with E-state index in [4.69, 9.17) is 0 Å². The minimum atomic E-state index is 1.14. The molecular formula is C49H32N4. The molecule has 4 heteroatoms. The molecule has 4 heterocycles. The van der Waals surface area contributed by atoms with Crippen LogP contribution in [0.4, 0.5) is 0 Å². The lowest BCUT2D eigenvalue weighted by atomic mass is 10.1. The average Bonchev–Trinajstić information content (AvgIpc) is 3.92. The van der Waals surface area contributed by atoms with Crippen molar-refractivity contribution in [2.24, 2.45) is 7.05 Å². The highest BCUT2D eigenvalue weighted by Gasteiger charge is 2.19. The van der Waals surface area contributed by atoms with Crippen molar-refractivity contribution in [3.05, 3.63) is 176 Å². The highest BCUT2D eigenvalue weighted by Crippen LogP contribution is 2.40. The quantitative estimate of drug-likeness (QED) is 0.177. The Hall–Kier alpha value is -7.04. The van der Waals surface area contributed by atoms with Gasteiger partial charge in [-0.1, -0.05) is 103 Å². The molecule has 0 aliphatic carbocycles. The summed E-state index contributed by atoms with van der Waals surface area (Å²) in [5.74, 6) is 0. The van der Waals surface area contributed by atoms with Crippen molar-refractivity contribution in [2.45, 2.75) is 0 Å². The maximum absolute atomic E-state index is 2.46. The van der Waals surface area contributed by atoms with Crippen LogP contribution in [0.25, 0.3) is 104 Å². The summed E-state index contributed by atoms with van der Waals surface area (Å²) in [6.07, 6.45) is 0. The molecule has 4 nitrogen and oxygen atoms in total. The summed E-state index contributed by atoms with van der Waals surface area (Å²) in [5, 5.41) is 10.1. The molecule has 0 atom stereocenters. The first-order valence-electron chi connectivity index (χ1n) is 18.3. The van der Waals surface area contributed by atoms with Crippen LogP contribution in [0.1, 0.15) is 0 Å². The summed E-state index contributed by atoms with van der Waals surface area (Å²) in [6, 6.07) is 64.7. The predicted molar refractivity (Wildman–Crippen MR) is 223 cm³/mol. The van der Waals surface area contributed by atoms with E-state index in [2.05, 4.69) is 201 Å². The number of hydrogen-bond acceptors (Lipinski definition) is 0. The molecule has 4 aromatic heterocycles. The Morgan fingerprint density at radius 3 is 1.00 bits per heavy atom. The third-order valence-corrected chi connectivity index (χ3v) is 11.6. The van der Waals surface area contributed by atoms with Gasteiger partial charge in [0.15, 0.2) is 0 Å². The van der Waals surface area contributed by atoms with Crippen LogP contribution in [0, 0.1) is 0 Å². The predicted octanol–water partition coefficient (Wildman–Crippen LogP) is 12.6. The second kappa shape index (κ2) is 10.5. The van der Waals surface area contributed by atoms with Gasteiger partial charge in [0.1, 0.15) is 0 Å². The van der Waals surface area contributed by atoms with E-state index < -0.39 is 0 Å². The molecule has 8 aromatic carbocycles. The van der Waals surface area contributed by atoms with Gasteiger partial charge >= 0.3 is 0 Å². The van der Waals surface area contributed by atoms with Crippen molar-refractivity contribution in [2.75, 3.05) is 0 Å². The Kier molecular flexibility index (Phi) is 5.67. The van der Waals surface area contributed by atoms with Gasteiger partial charge in [0.25, 0.3) is 0 Å². The van der Waals surface area contributed by atoms with E-state index in [1.165, 1.54) is 87.2 Å². The molecule has 0 spiro atoms. The van der Waals surface area contributed by atoms with Gasteiger partial charge < -0.3 is 18.3 Å². The lowest BCUT2D eigenvalue weighted by Gasteiger charge is -2.13. The highest BCUT2D eigenvalue weighted by atomic mass is 15.0. The monoisotopic (exact) mass is 676 g/mol. The van der Waals surface area contributed by atoms with Gasteiger partial charge in [0.2, 0.25) is 0 Å². The van der Waals surface area contributed by atoms with Crippen LogP contribution in [0.2, 0.25) is 0 Å². The van der Waals surface area contributed by atoms with E-state index in [0.717, 1.165) is 17.1 Å². The number of aromatic nitrogens is 4. The first-order valence-corrected chi connectivity index (χ1v) is 18.3. The Labute approximate surface area is 304 Å². The first kappa shape index (κ1) is 28.6. The molecular weight excluding hydrogens is 645 g/mol. The standard InChI is InChI=1S/C49H32N4/c1-50-42-17-7-2-16-38(42)41-28-31(24-27-43(41)50)52-46-20-10-5-14-36(46)39-26-23-33(30-48(39)52)53-47-21-11-6-15-37(47)40-25-22-32(29-49(40)53)51-44-18-8-3-12-34(44)35-13-4-9-19-45(35)51/h2-30H,1H3. The summed E-state index contributed by atoms with van der Waals surface area (Å²) >= 11 is 0. The van der Waals surface area contributed by atoms with Crippen LogP contribution in [-0.2, 0) is 7.05 Å². The zero-order valence-electron chi connectivity index (χ0n) is 29.0. The molecule has 12 rings (SSSR count). The molecule has 0 unspecified atom stereocenters. The van der Waals surface area contributed by atoms with E-state index in [1.54, 1.807) is 0 Å². The molecule has 0 aliphatic rings. The Balaban J connectivity index is 1.14. The lowest BCUT2D eigenvalue weighted by molar-refractivity contribution is 1.01. The van der Waals surface area contributed by atoms with Gasteiger partial charge in [-0.05, 0) is 72.8 Å². The molecule has 0 radical (unpaired) electrons. The SMILES string of the molecule is Cn1c2ccccc2c2cc(-n3c4ccccc4c4ccc(-n5c6ccccc6c6ccc(-n7c8ccccc8c8ccccc87)cc65)cc43)ccc21. The molecule has 0 amide bonds. The number of rotatable bonds is 3. The van der Waals surface area contributed by atoms with Crippen LogP contribution in [-0.4, -0.2) is 18.3 Å². The molecule has 0 N–H and O–H groups in total. The Bertz CT molecular complexity index is 3420. The average molecular weight is 677 g/mol. The molecule has 0 fully saturated rings. The lowest BCUT2D eigenvalue weighted by Crippen LogP contribution is -1.98. The molecule has 248 valence electrons. The fourth-order valence-electron chi connectivity index (χ4n) is 9.25. The van der Waals surface area contributed by atoms with Crippen molar-refractivity contribution < 1.29 is 0 Å². The van der Waals surface area contributed by atoms with E-state index in [1.807, 2.05) is 0 Å². The molecule has 0 aliphatic heterocycles. The fourth-order valence-corrected chi connectivity index (χ4v) is 9.25. The van der Waals surface area contributed by atoms with Crippen molar-refractivity contribution in [1.82, 2.24) is 18.3 Å². The van der Waals surface area contributed by atoms with E-state index in [0.29, 0.717) is 0 Å². The Morgan fingerprint density at radius 2 is 0.547 bits per heavy atom. The highest BCUT2D eigenvalue weighted by molar-refractivity contribution is 6.14. The normalized spacial score (nSPS) is 12.2. The first-order chi connectivity index (χ1) is 26.2. The van der Waals surface area contributed by atoms with Crippen molar-refractivity contribution >= 4 is 87.2 Å². The summed E-state index contributed by atoms with van der Waals surface area (Å²) in [4.78, 5) is 0. The zero-order chi connectivity index (χ0) is 34.8. The van der Waals surface area contributed by atoms with E-state index in [-0.39, 0.29) is 0 Å². The summed E-state index contributed by atoms with van der Waals surface area (Å²) in [5.41, 5.74) is 13.1. The molecule has 53 heavy (non-hydrogen) atoms. The smallest absolute Gasteiger partial charge is 0.0561 e. The summed E-state index contributed by atoms with van der Waals surface area (Å²) in [7, 11) is 2.16. The van der Waals surface area contributed by atoms with Crippen LogP contribution < -0.4 is 0 Å². The van der Waals surface area contributed by atoms with Gasteiger partial charge in [-0.2, -0.15) is 0 Å². The number of benzene rings is 8. The van der Waals surface area contributed by atoms with Crippen molar-refractivity contribution in [3.8, 4) is 17.1 Å². The summed E-state index contributed by atoms with van der Waals surface area (Å²) in [6.45, 7) is 0. The second-order valence-electron chi connectivity index (χ2n) is 14.3. The molecule has 0 bridgehead atoms. The maximum Gasteiger partial charge on any atom is 0.0561 e. The second-order valence-corrected chi connectivity index (χ2v) is 14.3. The molecule has 12 aromatic rings. The number of para-hydroxylation sites is 5. The van der Waals surface area contributed by atoms with Gasteiger partial charge in [0, 0.05) is 78.2 Å². The van der Waals surface area contributed by atoms with E-state index >= 15 is 0 Å². The molecule has 0 saturated heterocycles. The molecule has 0 saturated carbocycles. The Morgan fingerprint density at radius 1 is 0.245 bits per heavy atom. The van der Waals surface area contributed by atoms with Crippen molar-refractivity contribution in [1.29, 1.82) is 0 Å². The van der Waals surface area contributed by atoms with Crippen LogP contribution in [0.15, 0.2) is 176 Å². The van der Waals surface area contributed by atoms with Crippen LogP contribution >= 0.6 is 0 Å². The largest absolute Gasteiger partial charge is 0.344 e. The number of hydrogen-bond donors (Lipinski definition) is 0. The van der Waals surface area contributed by atoms with Gasteiger partial charge in [0.05, 0.1) is 33.1 Å². The number of nitrogens with zero attached hydrogens (tertiary/aromatic N) is 4. The fraction of sp³-hybridized carbons (Fsp3) is 0.0204. The maximum atomic E-state index is 2.46. The minimum absolute atomic E-state index is 1.14. The van der Waals surface area contributed by atoms with Crippen LogP contribution in [0.5, 0.6) is 0 Å². The van der Waals surface area contributed by atoms with Gasteiger partial charge in [-0.25, -0.2) is 0 Å². The number of aryl methyl sites for hydroxylation is 1. The third kappa shape index (κ3) is 3.84. The van der Waals surface area contributed by atoms with Gasteiger partial charge in [-0.3, -0.25) is 0 Å². The van der Waals surface area contributed by atoms with Crippen LogP contribution in [0.3, 0.4) is 0 Å². The van der Waals surface area contributed by atoms with Gasteiger partial charge in [-0.15, -0.1) is 0 Å². The topological polar surface area (TPSA) is 19.7 Å². The zero-order valence-corrected chi connectivity index (χ0v) is 29.0.